The van der Waals surface area contributed by atoms with Crippen LogP contribution >= 0.6 is 34.8 Å². The SMILES string of the molecule is CC(c1ccc(Cl)cc1)n1c(N)nc2cc(Cl)c(Cl)cc21. The quantitative estimate of drug-likeness (QED) is 0.698. The van der Waals surface area contributed by atoms with Crippen molar-refractivity contribution in [1.82, 2.24) is 9.55 Å². The van der Waals surface area contributed by atoms with Gasteiger partial charge in [-0.1, -0.05) is 46.9 Å². The van der Waals surface area contributed by atoms with Crippen molar-refractivity contribution in [2.24, 2.45) is 0 Å². The monoisotopic (exact) mass is 339 g/mol. The Hall–Kier alpha value is -1.42. The predicted molar refractivity (Wildman–Crippen MR) is 89.4 cm³/mol. The lowest BCUT2D eigenvalue weighted by Crippen LogP contribution is -2.10. The van der Waals surface area contributed by atoms with E-state index in [4.69, 9.17) is 40.5 Å². The van der Waals surface area contributed by atoms with Gasteiger partial charge in [0.25, 0.3) is 0 Å². The number of fused-ring (bicyclic) bond motifs is 1. The molecule has 0 aliphatic heterocycles. The lowest BCUT2D eigenvalue weighted by molar-refractivity contribution is 0.668. The van der Waals surface area contributed by atoms with E-state index in [9.17, 15) is 0 Å². The highest BCUT2D eigenvalue weighted by atomic mass is 35.5. The maximum absolute atomic E-state index is 6.11. The number of hydrogen-bond acceptors (Lipinski definition) is 2. The number of nitrogens with two attached hydrogens (primary N) is 1. The average molecular weight is 341 g/mol. The fourth-order valence-corrected chi connectivity index (χ4v) is 2.85. The van der Waals surface area contributed by atoms with E-state index in [1.54, 1.807) is 12.1 Å². The smallest absolute Gasteiger partial charge is 0.201 e. The molecule has 2 N–H and O–H groups in total. The molecule has 0 saturated heterocycles. The minimum Gasteiger partial charge on any atom is -0.369 e. The summed E-state index contributed by atoms with van der Waals surface area (Å²) in [7, 11) is 0. The number of imidazole rings is 1. The van der Waals surface area contributed by atoms with Crippen LogP contribution in [0, 0.1) is 0 Å². The maximum atomic E-state index is 6.11. The van der Waals surface area contributed by atoms with Crippen LogP contribution < -0.4 is 5.73 Å². The molecule has 0 radical (unpaired) electrons. The number of rotatable bonds is 2. The summed E-state index contributed by atoms with van der Waals surface area (Å²) in [5.41, 5.74) is 8.72. The summed E-state index contributed by atoms with van der Waals surface area (Å²) >= 11 is 18.1. The van der Waals surface area contributed by atoms with E-state index in [1.807, 2.05) is 35.8 Å². The Morgan fingerprint density at radius 3 is 2.33 bits per heavy atom. The van der Waals surface area contributed by atoms with E-state index in [1.165, 1.54) is 0 Å². The average Bonchev–Trinajstić information content (AvgIpc) is 2.75. The molecule has 0 aliphatic carbocycles. The number of hydrogen-bond donors (Lipinski definition) is 1. The summed E-state index contributed by atoms with van der Waals surface area (Å²) in [5, 5.41) is 1.64. The van der Waals surface area contributed by atoms with E-state index in [2.05, 4.69) is 4.98 Å². The normalized spacial score (nSPS) is 12.8. The van der Waals surface area contributed by atoms with Crippen LogP contribution in [0.5, 0.6) is 0 Å². The van der Waals surface area contributed by atoms with Crippen molar-refractivity contribution in [1.29, 1.82) is 0 Å². The Kier molecular flexibility index (Phi) is 3.74. The van der Waals surface area contributed by atoms with Crippen molar-refractivity contribution in [3.63, 3.8) is 0 Å². The molecule has 2 aromatic carbocycles. The first-order valence-electron chi connectivity index (χ1n) is 6.35. The van der Waals surface area contributed by atoms with Crippen LogP contribution in [0.2, 0.25) is 15.1 Å². The number of nitrogen functional groups attached to an aromatic ring is 1. The Morgan fingerprint density at radius 2 is 1.67 bits per heavy atom. The molecule has 1 atom stereocenters. The number of anilines is 1. The lowest BCUT2D eigenvalue weighted by Gasteiger charge is -2.16. The molecule has 0 aliphatic rings. The van der Waals surface area contributed by atoms with Gasteiger partial charge in [-0.05, 0) is 36.8 Å². The number of halogens is 3. The third-order valence-corrected chi connectivity index (χ3v) is 4.47. The van der Waals surface area contributed by atoms with Gasteiger partial charge in [-0.2, -0.15) is 0 Å². The maximum Gasteiger partial charge on any atom is 0.201 e. The second-order valence-corrected chi connectivity index (χ2v) is 6.07. The molecule has 3 aromatic rings. The van der Waals surface area contributed by atoms with Gasteiger partial charge in [-0.3, -0.25) is 0 Å². The third-order valence-electron chi connectivity index (χ3n) is 3.50. The van der Waals surface area contributed by atoms with Crippen LogP contribution in [0.15, 0.2) is 36.4 Å². The summed E-state index contributed by atoms with van der Waals surface area (Å²) in [6, 6.07) is 11.2. The van der Waals surface area contributed by atoms with Gasteiger partial charge in [0.2, 0.25) is 5.95 Å². The van der Waals surface area contributed by atoms with Crippen LogP contribution in [-0.4, -0.2) is 9.55 Å². The lowest BCUT2D eigenvalue weighted by atomic mass is 10.1. The molecule has 1 unspecified atom stereocenters. The molecule has 0 bridgehead atoms. The number of aromatic nitrogens is 2. The zero-order valence-electron chi connectivity index (χ0n) is 11.1. The summed E-state index contributed by atoms with van der Waals surface area (Å²) in [4.78, 5) is 4.35. The van der Waals surface area contributed by atoms with Crippen molar-refractivity contribution < 1.29 is 0 Å². The van der Waals surface area contributed by atoms with E-state index >= 15 is 0 Å². The number of benzene rings is 2. The Balaban J connectivity index is 2.17. The van der Waals surface area contributed by atoms with Gasteiger partial charge in [0, 0.05) is 5.02 Å². The summed E-state index contributed by atoms with van der Waals surface area (Å²) in [5.74, 6) is 0.422. The highest BCUT2D eigenvalue weighted by molar-refractivity contribution is 6.42. The standard InChI is InChI=1S/C15H12Cl3N3/c1-8(9-2-4-10(16)5-3-9)21-14-7-12(18)11(17)6-13(14)20-15(21)19/h2-8H,1H3,(H2,19,20). The topological polar surface area (TPSA) is 43.8 Å². The fourth-order valence-electron chi connectivity index (χ4n) is 2.41. The largest absolute Gasteiger partial charge is 0.369 e. The van der Waals surface area contributed by atoms with E-state index < -0.39 is 0 Å². The first kappa shape index (κ1) is 14.5. The molecule has 108 valence electrons. The minimum absolute atomic E-state index is 0.00417. The van der Waals surface area contributed by atoms with Crippen LogP contribution in [0.25, 0.3) is 11.0 Å². The van der Waals surface area contributed by atoms with Crippen molar-refractivity contribution in [3.8, 4) is 0 Å². The van der Waals surface area contributed by atoms with Crippen LogP contribution in [0.4, 0.5) is 5.95 Å². The molecule has 0 spiro atoms. The minimum atomic E-state index is 0.00417. The predicted octanol–water partition coefficient (Wildman–Crippen LogP) is 5.19. The molecular weight excluding hydrogens is 329 g/mol. The van der Waals surface area contributed by atoms with Gasteiger partial charge in [0.15, 0.2) is 0 Å². The van der Waals surface area contributed by atoms with Crippen molar-refractivity contribution >= 4 is 51.8 Å². The van der Waals surface area contributed by atoms with Gasteiger partial charge in [-0.15, -0.1) is 0 Å². The van der Waals surface area contributed by atoms with E-state index in [0.717, 1.165) is 16.6 Å². The zero-order chi connectivity index (χ0) is 15.1. The van der Waals surface area contributed by atoms with Crippen molar-refractivity contribution in [3.05, 3.63) is 57.0 Å². The van der Waals surface area contributed by atoms with E-state index in [-0.39, 0.29) is 6.04 Å². The molecule has 3 nitrogen and oxygen atoms in total. The van der Waals surface area contributed by atoms with Gasteiger partial charge in [0.05, 0.1) is 27.1 Å². The Morgan fingerprint density at radius 1 is 1.05 bits per heavy atom. The van der Waals surface area contributed by atoms with Gasteiger partial charge in [0.1, 0.15) is 0 Å². The van der Waals surface area contributed by atoms with Crippen molar-refractivity contribution in [2.45, 2.75) is 13.0 Å². The molecule has 3 rings (SSSR count). The summed E-state index contributed by atoms with van der Waals surface area (Å²) in [6.07, 6.45) is 0. The third kappa shape index (κ3) is 2.57. The first-order chi connectivity index (χ1) is 9.97. The van der Waals surface area contributed by atoms with Gasteiger partial charge in [-0.25, -0.2) is 4.98 Å². The highest BCUT2D eigenvalue weighted by Gasteiger charge is 2.17. The molecular formula is C15H12Cl3N3. The Bertz CT molecular complexity index is 809. The van der Waals surface area contributed by atoms with Gasteiger partial charge < -0.3 is 10.3 Å². The molecule has 1 heterocycles. The number of nitrogens with zero attached hydrogens (tertiary/aromatic N) is 2. The second kappa shape index (κ2) is 5.41. The van der Waals surface area contributed by atoms with E-state index in [0.29, 0.717) is 21.0 Å². The van der Waals surface area contributed by atoms with Crippen molar-refractivity contribution in [2.75, 3.05) is 5.73 Å². The second-order valence-electron chi connectivity index (χ2n) is 4.82. The molecule has 21 heavy (non-hydrogen) atoms. The van der Waals surface area contributed by atoms with Gasteiger partial charge >= 0.3 is 0 Å². The fraction of sp³-hybridized carbons (Fsp3) is 0.133. The molecule has 0 amide bonds. The first-order valence-corrected chi connectivity index (χ1v) is 7.48. The molecule has 0 saturated carbocycles. The molecule has 6 heteroatoms. The Labute approximate surface area is 137 Å². The summed E-state index contributed by atoms with van der Waals surface area (Å²) in [6.45, 7) is 2.04. The highest BCUT2D eigenvalue weighted by Crippen LogP contribution is 2.32. The summed E-state index contributed by atoms with van der Waals surface area (Å²) < 4.78 is 1.93. The van der Waals surface area contributed by atoms with Crippen LogP contribution in [0.1, 0.15) is 18.5 Å². The molecule has 1 aromatic heterocycles. The molecule has 0 fully saturated rings. The zero-order valence-corrected chi connectivity index (χ0v) is 13.4. The van der Waals surface area contributed by atoms with Crippen LogP contribution in [-0.2, 0) is 0 Å². The van der Waals surface area contributed by atoms with Crippen LogP contribution in [0.3, 0.4) is 0 Å².